The summed E-state index contributed by atoms with van der Waals surface area (Å²) in [6, 6.07) is 0. The summed E-state index contributed by atoms with van der Waals surface area (Å²) >= 11 is 0. The fraction of sp³-hybridized carbons (Fsp3) is 0.667. The normalized spacial score (nSPS) is 16.4. The van der Waals surface area contributed by atoms with Gasteiger partial charge in [-0.3, -0.25) is 4.79 Å². The predicted octanol–water partition coefficient (Wildman–Crippen LogP) is -1.68. The van der Waals surface area contributed by atoms with E-state index in [-0.39, 0.29) is 18.3 Å². The van der Waals surface area contributed by atoms with Crippen molar-refractivity contribution in [1.82, 2.24) is 25.0 Å². The molecule has 7 nitrogen and oxygen atoms in total. The van der Waals surface area contributed by atoms with Crippen LogP contribution in [0.25, 0.3) is 0 Å². The van der Waals surface area contributed by atoms with E-state index < -0.39 is 0 Å². The molecule has 0 aromatic carbocycles. The van der Waals surface area contributed by atoms with Crippen LogP contribution >= 0.6 is 0 Å². The first-order valence-corrected chi connectivity index (χ1v) is 5.31. The van der Waals surface area contributed by atoms with E-state index in [4.69, 9.17) is 5.11 Å². The first-order chi connectivity index (χ1) is 7.81. The van der Waals surface area contributed by atoms with E-state index in [1.165, 1.54) is 11.0 Å². The zero-order valence-corrected chi connectivity index (χ0v) is 8.96. The Hall–Kier alpha value is -1.47. The number of carbonyl (C=O) groups excluding carboxylic acids is 1. The lowest BCUT2D eigenvalue weighted by Crippen LogP contribution is -2.46. The van der Waals surface area contributed by atoms with E-state index in [0.717, 1.165) is 13.1 Å². The third-order valence-corrected chi connectivity index (χ3v) is 2.46. The van der Waals surface area contributed by atoms with E-state index in [9.17, 15) is 4.79 Å². The number of piperazine rings is 1. The van der Waals surface area contributed by atoms with Crippen LogP contribution in [0.3, 0.4) is 0 Å². The number of hydrogen-bond acceptors (Lipinski definition) is 5. The van der Waals surface area contributed by atoms with Crippen LogP contribution in [0.4, 0.5) is 0 Å². The molecule has 0 bridgehead atoms. The fourth-order valence-electron chi connectivity index (χ4n) is 1.61. The van der Waals surface area contributed by atoms with Gasteiger partial charge in [-0.05, 0) is 0 Å². The molecular weight excluding hydrogens is 210 g/mol. The Morgan fingerprint density at radius 3 is 2.94 bits per heavy atom. The minimum atomic E-state index is -0.141. The van der Waals surface area contributed by atoms with Crippen molar-refractivity contribution in [3.05, 3.63) is 12.2 Å². The Morgan fingerprint density at radius 2 is 2.25 bits per heavy atom. The number of nitrogens with one attached hydrogen (secondary N) is 1. The second kappa shape index (κ2) is 5.04. The highest BCUT2D eigenvalue weighted by Gasteiger charge is 2.21. The number of hydrogen-bond donors (Lipinski definition) is 2. The minimum Gasteiger partial charge on any atom is -0.394 e. The molecule has 0 unspecified atom stereocenters. The second-order valence-corrected chi connectivity index (χ2v) is 3.60. The highest BCUT2D eigenvalue weighted by Crippen LogP contribution is 2.00. The molecule has 7 heteroatoms. The van der Waals surface area contributed by atoms with Crippen molar-refractivity contribution in [1.29, 1.82) is 0 Å². The molecule has 2 rings (SSSR count). The summed E-state index contributed by atoms with van der Waals surface area (Å²) in [6.07, 6.45) is 1.46. The van der Waals surface area contributed by atoms with Crippen molar-refractivity contribution in [2.24, 2.45) is 0 Å². The summed E-state index contributed by atoms with van der Waals surface area (Å²) in [5.74, 6) is 0.0635. The first-order valence-electron chi connectivity index (χ1n) is 5.31. The van der Waals surface area contributed by atoms with Crippen molar-refractivity contribution in [3.8, 4) is 0 Å². The molecule has 1 aromatic heterocycles. The van der Waals surface area contributed by atoms with Crippen LogP contribution in [0.1, 0.15) is 10.6 Å². The lowest BCUT2D eigenvalue weighted by molar-refractivity contribution is 0.0723. The van der Waals surface area contributed by atoms with Crippen LogP contribution in [0, 0.1) is 0 Å². The Balaban J connectivity index is 2.01. The predicted molar refractivity (Wildman–Crippen MR) is 55.9 cm³/mol. The van der Waals surface area contributed by atoms with Crippen LogP contribution in [0.5, 0.6) is 0 Å². The van der Waals surface area contributed by atoms with Gasteiger partial charge in [0.25, 0.3) is 5.91 Å². The molecule has 0 atom stereocenters. The van der Waals surface area contributed by atoms with Gasteiger partial charge in [-0.25, -0.2) is 9.67 Å². The SMILES string of the molecule is O=C(c1ncn(CCO)n1)N1CCNCC1. The summed E-state index contributed by atoms with van der Waals surface area (Å²) in [6.45, 7) is 3.35. The number of aliphatic hydroxyl groups excluding tert-OH is 1. The van der Waals surface area contributed by atoms with Gasteiger partial charge in [-0.2, -0.15) is 0 Å². The highest BCUT2D eigenvalue weighted by molar-refractivity contribution is 5.90. The quantitative estimate of drug-likeness (QED) is 0.641. The number of aromatic nitrogens is 3. The standard InChI is InChI=1S/C9H15N5O2/c15-6-5-14-7-11-8(12-14)9(16)13-3-1-10-2-4-13/h7,10,15H,1-6H2. The molecule has 0 radical (unpaired) electrons. The van der Waals surface area contributed by atoms with Crippen LogP contribution in [-0.4, -0.2) is 63.5 Å². The zero-order valence-electron chi connectivity index (χ0n) is 8.96. The molecule has 1 aromatic rings. The molecule has 2 N–H and O–H groups in total. The van der Waals surface area contributed by atoms with Gasteiger partial charge in [0.1, 0.15) is 6.33 Å². The summed E-state index contributed by atoms with van der Waals surface area (Å²) < 4.78 is 1.47. The first kappa shape index (κ1) is 11.0. The molecule has 0 spiro atoms. The molecule has 1 aliphatic rings. The van der Waals surface area contributed by atoms with Crippen LogP contribution in [0.2, 0.25) is 0 Å². The van der Waals surface area contributed by atoms with E-state index in [1.54, 1.807) is 4.90 Å². The van der Waals surface area contributed by atoms with Gasteiger partial charge >= 0.3 is 0 Å². The van der Waals surface area contributed by atoms with Gasteiger partial charge in [0, 0.05) is 26.2 Å². The van der Waals surface area contributed by atoms with E-state index in [2.05, 4.69) is 15.4 Å². The maximum absolute atomic E-state index is 11.9. The average molecular weight is 225 g/mol. The molecule has 2 heterocycles. The molecule has 0 saturated carbocycles. The maximum Gasteiger partial charge on any atom is 0.293 e. The zero-order chi connectivity index (χ0) is 11.4. The minimum absolute atomic E-state index is 0.00930. The average Bonchev–Trinajstić information content (AvgIpc) is 2.78. The lowest BCUT2D eigenvalue weighted by atomic mass is 10.3. The Morgan fingerprint density at radius 1 is 1.50 bits per heavy atom. The third kappa shape index (κ3) is 2.37. The van der Waals surface area contributed by atoms with Crippen LogP contribution in [0.15, 0.2) is 6.33 Å². The number of aliphatic hydroxyl groups is 1. The maximum atomic E-state index is 11.9. The Kier molecular flexibility index (Phi) is 3.47. The van der Waals surface area contributed by atoms with E-state index >= 15 is 0 Å². The van der Waals surface area contributed by atoms with Gasteiger partial charge in [-0.15, -0.1) is 5.10 Å². The van der Waals surface area contributed by atoms with Crippen molar-refractivity contribution in [2.45, 2.75) is 6.54 Å². The molecule has 0 aliphatic carbocycles. The van der Waals surface area contributed by atoms with Gasteiger partial charge in [0.2, 0.25) is 5.82 Å². The largest absolute Gasteiger partial charge is 0.394 e. The fourth-order valence-corrected chi connectivity index (χ4v) is 1.61. The van der Waals surface area contributed by atoms with Gasteiger partial charge in [0.15, 0.2) is 0 Å². The molecule has 1 fully saturated rings. The van der Waals surface area contributed by atoms with Crippen LogP contribution in [-0.2, 0) is 6.54 Å². The van der Waals surface area contributed by atoms with Crippen molar-refractivity contribution < 1.29 is 9.90 Å². The van der Waals surface area contributed by atoms with E-state index in [1.807, 2.05) is 0 Å². The smallest absolute Gasteiger partial charge is 0.293 e. The summed E-state index contributed by atoms with van der Waals surface area (Å²) in [7, 11) is 0. The Bertz CT molecular complexity index is 359. The Labute approximate surface area is 93.1 Å². The number of amides is 1. The molecular formula is C9H15N5O2. The number of rotatable bonds is 3. The molecule has 1 aliphatic heterocycles. The number of nitrogens with zero attached hydrogens (tertiary/aromatic N) is 4. The van der Waals surface area contributed by atoms with Gasteiger partial charge in [-0.1, -0.05) is 0 Å². The number of carbonyl (C=O) groups is 1. The summed E-state index contributed by atoms with van der Waals surface area (Å²) in [5.41, 5.74) is 0. The molecule has 1 amide bonds. The third-order valence-electron chi connectivity index (χ3n) is 2.46. The summed E-state index contributed by atoms with van der Waals surface area (Å²) in [5, 5.41) is 15.9. The van der Waals surface area contributed by atoms with E-state index in [0.29, 0.717) is 19.6 Å². The van der Waals surface area contributed by atoms with Crippen molar-refractivity contribution in [3.63, 3.8) is 0 Å². The monoisotopic (exact) mass is 225 g/mol. The van der Waals surface area contributed by atoms with Crippen LogP contribution < -0.4 is 5.32 Å². The van der Waals surface area contributed by atoms with Crippen molar-refractivity contribution >= 4 is 5.91 Å². The summed E-state index contributed by atoms with van der Waals surface area (Å²) in [4.78, 5) is 17.6. The highest BCUT2D eigenvalue weighted by atomic mass is 16.3. The lowest BCUT2D eigenvalue weighted by Gasteiger charge is -2.26. The van der Waals surface area contributed by atoms with Crippen molar-refractivity contribution in [2.75, 3.05) is 32.8 Å². The molecule has 1 saturated heterocycles. The molecule has 16 heavy (non-hydrogen) atoms. The topological polar surface area (TPSA) is 83.3 Å². The van der Waals surface area contributed by atoms with Gasteiger partial charge < -0.3 is 15.3 Å². The second-order valence-electron chi connectivity index (χ2n) is 3.60. The van der Waals surface area contributed by atoms with Gasteiger partial charge in [0.05, 0.1) is 13.2 Å². The molecule has 88 valence electrons.